The van der Waals surface area contributed by atoms with Crippen molar-refractivity contribution < 1.29 is 9.84 Å². The van der Waals surface area contributed by atoms with Crippen molar-refractivity contribution in [3.05, 3.63) is 0 Å². The molecule has 2 aliphatic rings. The highest BCUT2D eigenvalue weighted by Gasteiger charge is 2.45. The maximum Gasteiger partial charge on any atom is 0.0754 e. The zero-order chi connectivity index (χ0) is 10.7. The molecule has 2 heterocycles. The lowest BCUT2D eigenvalue weighted by Gasteiger charge is -2.41. The minimum Gasteiger partial charge on any atom is -0.394 e. The molecular formula is C11H22N2O2. The third-order valence-corrected chi connectivity index (χ3v) is 3.90. The molecule has 2 N–H and O–H groups in total. The Morgan fingerprint density at radius 2 is 2.33 bits per heavy atom. The van der Waals surface area contributed by atoms with Crippen molar-refractivity contribution in [3.8, 4) is 0 Å². The van der Waals surface area contributed by atoms with Crippen molar-refractivity contribution in [2.24, 2.45) is 0 Å². The molecule has 2 atom stereocenters. The highest BCUT2D eigenvalue weighted by atomic mass is 16.5. The number of hydrogen-bond donors (Lipinski definition) is 2. The Labute approximate surface area is 91.6 Å². The van der Waals surface area contributed by atoms with Crippen LogP contribution in [0, 0.1) is 0 Å². The Bertz CT molecular complexity index is 205. The van der Waals surface area contributed by atoms with E-state index in [4.69, 9.17) is 4.74 Å². The maximum absolute atomic E-state index is 9.69. The number of hydrogen-bond acceptors (Lipinski definition) is 4. The van der Waals surface area contributed by atoms with Crippen molar-refractivity contribution in [2.75, 3.05) is 39.4 Å². The molecule has 2 unspecified atom stereocenters. The first-order valence-electron chi connectivity index (χ1n) is 5.98. The van der Waals surface area contributed by atoms with E-state index in [0.29, 0.717) is 0 Å². The van der Waals surface area contributed by atoms with Gasteiger partial charge in [0, 0.05) is 26.2 Å². The third kappa shape index (κ3) is 2.04. The van der Waals surface area contributed by atoms with Gasteiger partial charge in [0.25, 0.3) is 0 Å². The van der Waals surface area contributed by atoms with E-state index >= 15 is 0 Å². The van der Waals surface area contributed by atoms with Crippen LogP contribution < -0.4 is 5.32 Å². The van der Waals surface area contributed by atoms with Crippen molar-refractivity contribution in [2.45, 2.75) is 31.4 Å². The second kappa shape index (κ2) is 4.78. The maximum atomic E-state index is 9.69. The molecule has 88 valence electrons. The molecule has 0 aromatic carbocycles. The average Bonchev–Trinajstić information content (AvgIpc) is 2.49. The molecule has 4 heteroatoms. The number of ether oxygens (including phenoxy) is 1. The Balaban J connectivity index is 2.09. The number of aliphatic hydroxyl groups is 1. The minimum atomic E-state index is -0.119. The quantitative estimate of drug-likeness (QED) is 0.669. The topological polar surface area (TPSA) is 44.7 Å². The Kier molecular flexibility index (Phi) is 3.61. The molecule has 0 saturated carbocycles. The summed E-state index contributed by atoms with van der Waals surface area (Å²) in [5.74, 6) is 0. The number of rotatable bonds is 2. The first kappa shape index (κ1) is 11.3. The van der Waals surface area contributed by atoms with Gasteiger partial charge in [-0.05, 0) is 26.3 Å². The van der Waals surface area contributed by atoms with Crippen molar-refractivity contribution in [1.82, 2.24) is 10.2 Å². The Morgan fingerprint density at radius 1 is 1.47 bits per heavy atom. The lowest BCUT2D eigenvalue weighted by atomic mass is 9.90. The van der Waals surface area contributed by atoms with Gasteiger partial charge in [-0.1, -0.05) is 0 Å². The molecule has 2 rings (SSSR count). The number of aliphatic hydroxyl groups excluding tert-OH is 1. The highest BCUT2D eigenvalue weighted by Crippen LogP contribution is 2.32. The number of nitrogens with one attached hydrogen (secondary N) is 1. The average molecular weight is 214 g/mol. The lowest BCUT2D eigenvalue weighted by molar-refractivity contribution is -0.0217. The Morgan fingerprint density at radius 3 is 3.00 bits per heavy atom. The van der Waals surface area contributed by atoms with Crippen LogP contribution in [0.25, 0.3) is 0 Å². The number of nitrogens with zero attached hydrogens (tertiary/aromatic N) is 1. The van der Waals surface area contributed by atoms with Gasteiger partial charge in [-0.3, -0.25) is 4.90 Å². The summed E-state index contributed by atoms with van der Waals surface area (Å²) in [5.41, 5.74) is -0.119. The van der Waals surface area contributed by atoms with Crippen molar-refractivity contribution >= 4 is 0 Å². The van der Waals surface area contributed by atoms with E-state index < -0.39 is 0 Å². The van der Waals surface area contributed by atoms with E-state index in [1.54, 1.807) is 0 Å². The SMILES string of the molecule is CC1OCCC1(CO)N1CCCNCC1. The monoisotopic (exact) mass is 214 g/mol. The van der Waals surface area contributed by atoms with Crippen LogP contribution in [0.5, 0.6) is 0 Å². The van der Waals surface area contributed by atoms with Gasteiger partial charge in [0.1, 0.15) is 0 Å². The van der Waals surface area contributed by atoms with Crippen molar-refractivity contribution in [3.63, 3.8) is 0 Å². The Hall–Kier alpha value is -0.160. The minimum absolute atomic E-state index is 0.119. The summed E-state index contributed by atoms with van der Waals surface area (Å²) in [6.07, 6.45) is 2.28. The normalized spacial score (nSPS) is 39.2. The summed E-state index contributed by atoms with van der Waals surface area (Å²) >= 11 is 0. The smallest absolute Gasteiger partial charge is 0.0754 e. The van der Waals surface area contributed by atoms with Gasteiger partial charge in [0.2, 0.25) is 0 Å². The van der Waals surface area contributed by atoms with Gasteiger partial charge in [0.05, 0.1) is 18.2 Å². The molecule has 2 fully saturated rings. The highest BCUT2D eigenvalue weighted by molar-refractivity contribution is 4.99. The molecule has 2 saturated heterocycles. The van der Waals surface area contributed by atoms with Gasteiger partial charge in [-0.25, -0.2) is 0 Å². The predicted molar refractivity (Wildman–Crippen MR) is 58.9 cm³/mol. The van der Waals surface area contributed by atoms with E-state index in [2.05, 4.69) is 17.1 Å². The molecule has 0 aromatic heterocycles. The summed E-state index contributed by atoms with van der Waals surface area (Å²) in [6, 6.07) is 0. The first-order chi connectivity index (χ1) is 7.29. The van der Waals surface area contributed by atoms with Crippen LogP contribution in [0.3, 0.4) is 0 Å². The predicted octanol–water partition coefficient (Wildman–Crippen LogP) is -0.178. The van der Waals surface area contributed by atoms with Gasteiger partial charge in [0.15, 0.2) is 0 Å². The van der Waals surface area contributed by atoms with Gasteiger partial charge < -0.3 is 15.2 Å². The second-order valence-electron chi connectivity index (χ2n) is 4.62. The van der Waals surface area contributed by atoms with E-state index in [1.165, 1.54) is 0 Å². The van der Waals surface area contributed by atoms with E-state index in [-0.39, 0.29) is 18.2 Å². The van der Waals surface area contributed by atoms with Crippen LogP contribution in [0.15, 0.2) is 0 Å². The van der Waals surface area contributed by atoms with Crippen LogP contribution in [-0.2, 0) is 4.74 Å². The molecule has 0 aliphatic carbocycles. The molecular weight excluding hydrogens is 192 g/mol. The lowest BCUT2D eigenvalue weighted by Crippen LogP contribution is -2.57. The largest absolute Gasteiger partial charge is 0.394 e. The fraction of sp³-hybridized carbons (Fsp3) is 1.00. The molecule has 2 aliphatic heterocycles. The van der Waals surface area contributed by atoms with Crippen LogP contribution in [-0.4, -0.2) is 61.0 Å². The third-order valence-electron chi connectivity index (χ3n) is 3.90. The summed E-state index contributed by atoms with van der Waals surface area (Å²) in [6.45, 7) is 7.29. The molecule has 0 radical (unpaired) electrons. The van der Waals surface area contributed by atoms with Crippen LogP contribution in [0.4, 0.5) is 0 Å². The molecule has 0 bridgehead atoms. The zero-order valence-electron chi connectivity index (χ0n) is 9.54. The standard InChI is InChI=1S/C11H22N2O2/c1-10-11(9-14,3-8-15-10)13-6-2-4-12-5-7-13/h10,12,14H,2-9H2,1H3. The summed E-state index contributed by atoms with van der Waals surface area (Å²) in [5, 5.41) is 13.1. The van der Waals surface area contributed by atoms with Gasteiger partial charge >= 0.3 is 0 Å². The fourth-order valence-electron chi connectivity index (χ4n) is 2.78. The van der Waals surface area contributed by atoms with E-state index in [1.807, 2.05) is 0 Å². The summed E-state index contributed by atoms with van der Waals surface area (Å²) < 4.78 is 5.63. The van der Waals surface area contributed by atoms with Crippen molar-refractivity contribution in [1.29, 1.82) is 0 Å². The van der Waals surface area contributed by atoms with Crippen LogP contribution >= 0.6 is 0 Å². The second-order valence-corrected chi connectivity index (χ2v) is 4.62. The zero-order valence-corrected chi connectivity index (χ0v) is 9.54. The molecule has 15 heavy (non-hydrogen) atoms. The fourth-order valence-corrected chi connectivity index (χ4v) is 2.78. The van der Waals surface area contributed by atoms with E-state index in [9.17, 15) is 5.11 Å². The molecule has 0 spiro atoms. The van der Waals surface area contributed by atoms with Gasteiger partial charge in [-0.15, -0.1) is 0 Å². The van der Waals surface area contributed by atoms with E-state index in [0.717, 1.165) is 45.6 Å². The van der Waals surface area contributed by atoms with Gasteiger partial charge in [-0.2, -0.15) is 0 Å². The van der Waals surface area contributed by atoms with Crippen LogP contribution in [0.2, 0.25) is 0 Å². The summed E-state index contributed by atoms with van der Waals surface area (Å²) in [7, 11) is 0. The first-order valence-corrected chi connectivity index (χ1v) is 5.98. The molecule has 0 amide bonds. The molecule has 4 nitrogen and oxygen atoms in total. The molecule has 0 aromatic rings. The summed E-state index contributed by atoms with van der Waals surface area (Å²) in [4.78, 5) is 2.42. The van der Waals surface area contributed by atoms with Crippen LogP contribution in [0.1, 0.15) is 19.8 Å².